The molecule has 3 rings (SSSR count). The minimum atomic E-state index is -0.231. The first kappa shape index (κ1) is 19.4. The smallest absolute Gasteiger partial charge is 0.258 e. The Kier molecular flexibility index (Phi) is 5.90. The van der Waals surface area contributed by atoms with Gasteiger partial charge in [0.1, 0.15) is 0 Å². The number of carbonyl (C=O) groups is 2. The number of hydrogen-bond donors (Lipinski definition) is 1. The maximum Gasteiger partial charge on any atom is 0.258 e. The second-order valence-electron chi connectivity index (χ2n) is 6.98. The summed E-state index contributed by atoms with van der Waals surface area (Å²) in [4.78, 5) is 27.2. The standard InChI is InChI=1S/C24H24N2O2/c1-17(2)21-14-7-8-15-22(21)25-23(27)18-10-9-11-19(16-18)24(28)26(3)20-12-5-4-6-13-20/h4-17H,1-3H3,(H,25,27). The quantitative estimate of drug-likeness (QED) is 0.657. The van der Waals surface area contributed by atoms with Gasteiger partial charge in [0.15, 0.2) is 0 Å². The molecule has 3 aromatic rings. The lowest BCUT2D eigenvalue weighted by Gasteiger charge is -2.18. The first-order valence-electron chi connectivity index (χ1n) is 9.31. The van der Waals surface area contributed by atoms with E-state index in [4.69, 9.17) is 0 Å². The molecule has 0 heterocycles. The Hall–Kier alpha value is -3.40. The number of anilines is 2. The Morgan fingerprint density at radius 3 is 2.18 bits per heavy atom. The molecule has 0 saturated heterocycles. The monoisotopic (exact) mass is 372 g/mol. The number of amides is 2. The number of para-hydroxylation sites is 2. The fraction of sp³-hybridized carbons (Fsp3) is 0.167. The van der Waals surface area contributed by atoms with Crippen LogP contribution in [0.15, 0.2) is 78.9 Å². The van der Waals surface area contributed by atoms with Gasteiger partial charge in [-0.25, -0.2) is 0 Å². The van der Waals surface area contributed by atoms with E-state index in [1.54, 1.807) is 36.2 Å². The molecule has 1 N–H and O–H groups in total. The van der Waals surface area contributed by atoms with Gasteiger partial charge in [-0.2, -0.15) is 0 Å². The van der Waals surface area contributed by atoms with Crippen molar-refractivity contribution in [3.8, 4) is 0 Å². The molecule has 3 aromatic carbocycles. The molecule has 0 aliphatic carbocycles. The van der Waals surface area contributed by atoms with Gasteiger partial charge in [-0.3, -0.25) is 9.59 Å². The van der Waals surface area contributed by atoms with Crippen molar-refractivity contribution in [1.82, 2.24) is 0 Å². The summed E-state index contributed by atoms with van der Waals surface area (Å²) in [6.07, 6.45) is 0. The lowest BCUT2D eigenvalue weighted by molar-refractivity contribution is 0.0993. The van der Waals surface area contributed by atoms with E-state index in [0.717, 1.165) is 16.9 Å². The van der Waals surface area contributed by atoms with Gasteiger partial charge in [0.05, 0.1) is 0 Å². The van der Waals surface area contributed by atoms with E-state index in [1.165, 1.54) is 0 Å². The van der Waals surface area contributed by atoms with Gasteiger partial charge in [-0.15, -0.1) is 0 Å². The van der Waals surface area contributed by atoms with Gasteiger partial charge < -0.3 is 10.2 Å². The van der Waals surface area contributed by atoms with Crippen molar-refractivity contribution < 1.29 is 9.59 Å². The molecule has 0 atom stereocenters. The second kappa shape index (κ2) is 8.53. The number of nitrogens with zero attached hydrogens (tertiary/aromatic N) is 1. The topological polar surface area (TPSA) is 49.4 Å². The van der Waals surface area contributed by atoms with Gasteiger partial charge in [0, 0.05) is 29.5 Å². The molecular formula is C24H24N2O2. The zero-order chi connectivity index (χ0) is 20.1. The predicted molar refractivity (Wildman–Crippen MR) is 114 cm³/mol. The maximum absolute atomic E-state index is 12.8. The molecule has 0 fully saturated rings. The number of rotatable bonds is 5. The molecule has 2 amide bonds. The Morgan fingerprint density at radius 1 is 0.821 bits per heavy atom. The highest BCUT2D eigenvalue weighted by Gasteiger charge is 2.16. The Labute approximate surface area is 165 Å². The summed E-state index contributed by atoms with van der Waals surface area (Å²) in [6.45, 7) is 4.17. The summed E-state index contributed by atoms with van der Waals surface area (Å²) in [6, 6.07) is 24.0. The third kappa shape index (κ3) is 4.29. The van der Waals surface area contributed by atoms with Gasteiger partial charge in [-0.1, -0.05) is 56.3 Å². The maximum atomic E-state index is 12.8. The van der Waals surface area contributed by atoms with Crippen molar-refractivity contribution in [3.63, 3.8) is 0 Å². The number of benzene rings is 3. The van der Waals surface area contributed by atoms with Crippen LogP contribution in [0.2, 0.25) is 0 Å². The molecule has 0 aliphatic heterocycles. The van der Waals surface area contributed by atoms with Crippen LogP contribution in [0.1, 0.15) is 46.0 Å². The third-order valence-corrected chi connectivity index (χ3v) is 4.65. The normalized spacial score (nSPS) is 10.6. The second-order valence-corrected chi connectivity index (χ2v) is 6.98. The van der Waals surface area contributed by atoms with Crippen molar-refractivity contribution in [1.29, 1.82) is 0 Å². The summed E-state index contributed by atoms with van der Waals surface area (Å²) >= 11 is 0. The number of nitrogens with one attached hydrogen (secondary N) is 1. The summed E-state index contributed by atoms with van der Waals surface area (Å²) in [7, 11) is 1.73. The summed E-state index contributed by atoms with van der Waals surface area (Å²) < 4.78 is 0. The van der Waals surface area contributed by atoms with E-state index < -0.39 is 0 Å². The van der Waals surface area contributed by atoms with Crippen LogP contribution in [0.4, 0.5) is 11.4 Å². The van der Waals surface area contributed by atoms with Crippen LogP contribution < -0.4 is 10.2 Å². The fourth-order valence-electron chi connectivity index (χ4n) is 3.06. The van der Waals surface area contributed by atoms with Crippen LogP contribution >= 0.6 is 0 Å². The molecule has 0 spiro atoms. The van der Waals surface area contributed by atoms with Crippen molar-refractivity contribution in [2.24, 2.45) is 0 Å². The molecule has 142 valence electrons. The summed E-state index contributed by atoms with van der Waals surface area (Å²) in [5.74, 6) is -0.0996. The van der Waals surface area contributed by atoms with E-state index >= 15 is 0 Å². The molecule has 0 aromatic heterocycles. The minimum absolute atomic E-state index is 0.163. The van der Waals surface area contributed by atoms with Crippen LogP contribution in [0.5, 0.6) is 0 Å². The van der Waals surface area contributed by atoms with Gasteiger partial charge in [0.2, 0.25) is 0 Å². The highest BCUT2D eigenvalue weighted by Crippen LogP contribution is 2.24. The van der Waals surface area contributed by atoms with E-state index in [0.29, 0.717) is 17.0 Å². The Balaban J connectivity index is 1.81. The molecule has 28 heavy (non-hydrogen) atoms. The third-order valence-electron chi connectivity index (χ3n) is 4.65. The highest BCUT2D eigenvalue weighted by molar-refractivity contribution is 6.09. The zero-order valence-corrected chi connectivity index (χ0v) is 16.3. The first-order chi connectivity index (χ1) is 13.5. The average molecular weight is 372 g/mol. The van der Waals surface area contributed by atoms with Crippen LogP contribution in [-0.2, 0) is 0 Å². The lowest BCUT2D eigenvalue weighted by Crippen LogP contribution is -2.26. The molecule has 4 nitrogen and oxygen atoms in total. The van der Waals surface area contributed by atoms with Crippen molar-refractivity contribution in [3.05, 3.63) is 95.6 Å². The minimum Gasteiger partial charge on any atom is -0.322 e. The predicted octanol–water partition coefficient (Wildman–Crippen LogP) is 5.34. The van der Waals surface area contributed by atoms with Gasteiger partial charge >= 0.3 is 0 Å². The van der Waals surface area contributed by atoms with Gasteiger partial charge in [-0.05, 0) is 47.9 Å². The zero-order valence-electron chi connectivity index (χ0n) is 16.3. The Bertz CT molecular complexity index is 981. The van der Waals surface area contributed by atoms with Crippen molar-refractivity contribution >= 4 is 23.2 Å². The molecule has 0 unspecified atom stereocenters. The number of hydrogen-bond acceptors (Lipinski definition) is 2. The van der Waals surface area contributed by atoms with E-state index in [1.807, 2.05) is 54.6 Å². The lowest BCUT2D eigenvalue weighted by atomic mass is 10.0. The summed E-state index contributed by atoms with van der Waals surface area (Å²) in [5.41, 5.74) is 3.59. The van der Waals surface area contributed by atoms with E-state index in [2.05, 4.69) is 19.2 Å². The molecule has 0 bridgehead atoms. The molecular weight excluding hydrogens is 348 g/mol. The van der Waals surface area contributed by atoms with Gasteiger partial charge in [0.25, 0.3) is 11.8 Å². The van der Waals surface area contributed by atoms with Crippen molar-refractivity contribution in [2.75, 3.05) is 17.3 Å². The van der Waals surface area contributed by atoms with Crippen LogP contribution in [0.25, 0.3) is 0 Å². The van der Waals surface area contributed by atoms with Crippen LogP contribution in [0, 0.1) is 0 Å². The SMILES string of the molecule is CC(C)c1ccccc1NC(=O)c1cccc(C(=O)N(C)c2ccccc2)c1. The largest absolute Gasteiger partial charge is 0.322 e. The molecule has 0 aliphatic rings. The van der Waals surface area contributed by atoms with Crippen LogP contribution in [-0.4, -0.2) is 18.9 Å². The molecule has 0 saturated carbocycles. The Morgan fingerprint density at radius 2 is 1.46 bits per heavy atom. The summed E-state index contributed by atoms with van der Waals surface area (Å²) in [5, 5.41) is 2.97. The first-order valence-corrected chi connectivity index (χ1v) is 9.31. The fourth-order valence-corrected chi connectivity index (χ4v) is 3.06. The molecule has 0 radical (unpaired) electrons. The van der Waals surface area contributed by atoms with E-state index in [-0.39, 0.29) is 11.8 Å². The molecule has 4 heteroatoms. The van der Waals surface area contributed by atoms with Crippen molar-refractivity contribution in [2.45, 2.75) is 19.8 Å². The highest BCUT2D eigenvalue weighted by atomic mass is 16.2. The number of carbonyl (C=O) groups excluding carboxylic acids is 2. The van der Waals surface area contributed by atoms with E-state index in [9.17, 15) is 9.59 Å². The average Bonchev–Trinajstić information content (AvgIpc) is 2.73. The van der Waals surface area contributed by atoms with Crippen LogP contribution in [0.3, 0.4) is 0 Å².